The van der Waals surface area contributed by atoms with Gasteiger partial charge in [-0.15, -0.1) is 0 Å². The SMILES string of the molecule is CCNCC1(OC)CCC(CC)CC1. The van der Waals surface area contributed by atoms with Crippen molar-refractivity contribution in [2.45, 2.75) is 51.6 Å². The van der Waals surface area contributed by atoms with Crippen molar-refractivity contribution in [2.75, 3.05) is 20.2 Å². The third kappa shape index (κ3) is 2.96. The zero-order valence-electron chi connectivity index (χ0n) is 9.94. The Bertz CT molecular complexity index is 150. The Hall–Kier alpha value is -0.0800. The number of nitrogens with one attached hydrogen (secondary N) is 1. The predicted octanol–water partition coefficient (Wildman–Crippen LogP) is 2.58. The second-order valence-electron chi connectivity index (χ2n) is 4.52. The maximum absolute atomic E-state index is 5.71. The molecule has 1 aliphatic carbocycles. The van der Waals surface area contributed by atoms with Crippen LogP contribution in [-0.4, -0.2) is 25.8 Å². The van der Waals surface area contributed by atoms with Crippen LogP contribution in [0.1, 0.15) is 46.0 Å². The van der Waals surface area contributed by atoms with Crippen LogP contribution in [0.15, 0.2) is 0 Å². The Labute approximate surface area is 88.4 Å². The minimum Gasteiger partial charge on any atom is -0.377 e. The van der Waals surface area contributed by atoms with Crippen molar-refractivity contribution < 1.29 is 4.74 Å². The first-order chi connectivity index (χ1) is 6.76. The van der Waals surface area contributed by atoms with E-state index in [1.807, 2.05) is 7.11 Å². The molecule has 0 radical (unpaired) electrons. The number of hydrogen-bond acceptors (Lipinski definition) is 2. The average Bonchev–Trinajstić information content (AvgIpc) is 2.27. The van der Waals surface area contributed by atoms with Crippen molar-refractivity contribution in [2.24, 2.45) is 5.92 Å². The maximum atomic E-state index is 5.71. The molecule has 1 N–H and O–H groups in total. The molecule has 0 amide bonds. The monoisotopic (exact) mass is 199 g/mol. The Balaban J connectivity index is 2.39. The van der Waals surface area contributed by atoms with Gasteiger partial charge in [0, 0.05) is 13.7 Å². The molecule has 84 valence electrons. The first kappa shape index (κ1) is 12.0. The molecule has 1 rings (SSSR count). The van der Waals surface area contributed by atoms with Crippen molar-refractivity contribution in [3.8, 4) is 0 Å². The van der Waals surface area contributed by atoms with E-state index >= 15 is 0 Å². The zero-order valence-corrected chi connectivity index (χ0v) is 9.94. The number of likely N-dealkylation sites (N-methyl/N-ethyl adjacent to an activating group) is 1. The van der Waals surface area contributed by atoms with Gasteiger partial charge in [0.05, 0.1) is 5.60 Å². The van der Waals surface area contributed by atoms with E-state index in [9.17, 15) is 0 Å². The molecule has 0 unspecified atom stereocenters. The third-order valence-electron chi connectivity index (χ3n) is 3.72. The minimum absolute atomic E-state index is 0.141. The van der Waals surface area contributed by atoms with Crippen LogP contribution in [-0.2, 0) is 4.74 Å². The molecule has 1 aliphatic rings. The summed E-state index contributed by atoms with van der Waals surface area (Å²) in [5, 5.41) is 3.42. The van der Waals surface area contributed by atoms with Crippen LogP contribution in [0.25, 0.3) is 0 Å². The summed E-state index contributed by atoms with van der Waals surface area (Å²) in [7, 11) is 1.86. The fourth-order valence-electron chi connectivity index (χ4n) is 2.42. The van der Waals surface area contributed by atoms with Gasteiger partial charge in [0.15, 0.2) is 0 Å². The highest BCUT2D eigenvalue weighted by atomic mass is 16.5. The Morgan fingerprint density at radius 3 is 2.36 bits per heavy atom. The van der Waals surface area contributed by atoms with Gasteiger partial charge in [0.2, 0.25) is 0 Å². The first-order valence-corrected chi connectivity index (χ1v) is 6.02. The molecule has 0 aliphatic heterocycles. The van der Waals surface area contributed by atoms with Crippen LogP contribution in [0.5, 0.6) is 0 Å². The molecule has 0 heterocycles. The standard InChI is InChI=1S/C12H25NO/c1-4-11-6-8-12(14-3,9-7-11)10-13-5-2/h11,13H,4-10H2,1-3H3. The van der Waals surface area contributed by atoms with Crippen LogP contribution < -0.4 is 5.32 Å². The molecule has 0 atom stereocenters. The minimum atomic E-state index is 0.141. The lowest BCUT2D eigenvalue weighted by Crippen LogP contribution is -2.45. The molecule has 1 saturated carbocycles. The fraction of sp³-hybridized carbons (Fsp3) is 1.00. The summed E-state index contributed by atoms with van der Waals surface area (Å²) >= 11 is 0. The summed E-state index contributed by atoms with van der Waals surface area (Å²) in [6, 6.07) is 0. The number of methoxy groups -OCH3 is 1. The van der Waals surface area contributed by atoms with Crippen molar-refractivity contribution in [3.63, 3.8) is 0 Å². The summed E-state index contributed by atoms with van der Waals surface area (Å²) in [5.74, 6) is 0.944. The molecule has 0 saturated heterocycles. The van der Waals surface area contributed by atoms with Crippen LogP contribution in [0.3, 0.4) is 0 Å². The molecule has 14 heavy (non-hydrogen) atoms. The number of hydrogen-bond donors (Lipinski definition) is 1. The number of ether oxygens (including phenoxy) is 1. The second kappa shape index (κ2) is 5.72. The summed E-state index contributed by atoms with van der Waals surface area (Å²) in [6.07, 6.45) is 6.48. The topological polar surface area (TPSA) is 21.3 Å². The smallest absolute Gasteiger partial charge is 0.0802 e. The Morgan fingerprint density at radius 1 is 1.29 bits per heavy atom. The van der Waals surface area contributed by atoms with Crippen molar-refractivity contribution in [1.82, 2.24) is 5.32 Å². The van der Waals surface area contributed by atoms with Gasteiger partial charge in [-0.05, 0) is 38.1 Å². The van der Waals surface area contributed by atoms with E-state index in [1.165, 1.54) is 32.1 Å². The summed E-state index contributed by atoms with van der Waals surface area (Å²) in [4.78, 5) is 0. The quantitative estimate of drug-likeness (QED) is 0.735. The van der Waals surface area contributed by atoms with E-state index in [-0.39, 0.29) is 5.60 Å². The van der Waals surface area contributed by atoms with Crippen LogP contribution in [0.2, 0.25) is 0 Å². The van der Waals surface area contributed by atoms with Gasteiger partial charge in [-0.25, -0.2) is 0 Å². The van der Waals surface area contributed by atoms with Gasteiger partial charge in [-0.1, -0.05) is 20.3 Å². The van der Waals surface area contributed by atoms with Gasteiger partial charge in [-0.3, -0.25) is 0 Å². The molecule has 1 fully saturated rings. The maximum Gasteiger partial charge on any atom is 0.0802 e. The van der Waals surface area contributed by atoms with Crippen LogP contribution >= 0.6 is 0 Å². The van der Waals surface area contributed by atoms with Crippen LogP contribution in [0.4, 0.5) is 0 Å². The van der Waals surface area contributed by atoms with Gasteiger partial charge in [0.25, 0.3) is 0 Å². The molecular formula is C12H25NO. The Morgan fingerprint density at radius 2 is 1.93 bits per heavy atom. The lowest BCUT2D eigenvalue weighted by Gasteiger charge is -2.39. The molecule has 0 spiro atoms. The van der Waals surface area contributed by atoms with E-state index in [1.54, 1.807) is 0 Å². The van der Waals surface area contributed by atoms with E-state index in [2.05, 4.69) is 19.2 Å². The van der Waals surface area contributed by atoms with E-state index in [0.29, 0.717) is 0 Å². The zero-order chi connectivity index (χ0) is 10.4. The van der Waals surface area contributed by atoms with E-state index in [4.69, 9.17) is 4.74 Å². The lowest BCUT2D eigenvalue weighted by atomic mass is 9.77. The molecule has 0 aromatic rings. The van der Waals surface area contributed by atoms with Gasteiger partial charge in [0.1, 0.15) is 0 Å². The third-order valence-corrected chi connectivity index (χ3v) is 3.72. The highest BCUT2D eigenvalue weighted by Gasteiger charge is 2.34. The molecule has 2 heteroatoms. The predicted molar refractivity (Wildman–Crippen MR) is 60.5 cm³/mol. The summed E-state index contributed by atoms with van der Waals surface area (Å²) in [6.45, 7) is 6.52. The van der Waals surface area contributed by atoms with Crippen molar-refractivity contribution in [3.05, 3.63) is 0 Å². The molecule has 0 bridgehead atoms. The summed E-state index contributed by atoms with van der Waals surface area (Å²) < 4.78 is 5.71. The molecular weight excluding hydrogens is 174 g/mol. The average molecular weight is 199 g/mol. The normalized spacial score (nSPS) is 33.2. The van der Waals surface area contributed by atoms with Crippen molar-refractivity contribution in [1.29, 1.82) is 0 Å². The fourth-order valence-corrected chi connectivity index (χ4v) is 2.42. The van der Waals surface area contributed by atoms with Crippen molar-refractivity contribution >= 4 is 0 Å². The molecule has 0 aromatic heterocycles. The molecule has 0 aromatic carbocycles. The van der Waals surface area contributed by atoms with Crippen LogP contribution in [0, 0.1) is 5.92 Å². The number of rotatable bonds is 5. The first-order valence-electron chi connectivity index (χ1n) is 6.02. The largest absolute Gasteiger partial charge is 0.377 e. The second-order valence-corrected chi connectivity index (χ2v) is 4.52. The van der Waals surface area contributed by atoms with E-state index < -0.39 is 0 Å². The highest BCUT2D eigenvalue weighted by molar-refractivity contribution is 4.88. The Kier molecular flexibility index (Phi) is 4.90. The lowest BCUT2D eigenvalue weighted by molar-refractivity contribution is -0.0473. The van der Waals surface area contributed by atoms with Gasteiger partial charge >= 0.3 is 0 Å². The molecule has 2 nitrogen and oxygen atoms in total. The highest BCUT2D eigenvalue weighted by Crippen LogP contribution is 2.35. The summed E-state index contributed by atoms with van der Waals surface area (Å²) in [5.41, 5.74) is 0.141. The van der Waals surface area contributed by atoms with Gasteiger partial charge < -0.3 is 10.1 Å². The van der Waals surface area contributed by atoms with E-state index in [0.717, 1.165) is 19.0 Å². The van der Waals surface area contributed by atoms with Gasteiger partial charge in [-0.2, -0.15) is 0 Å².